The van der Waals surface area contributed by atoms with E-state index in [2.05, 4.69) is 22.9 Å². The maximum absolute atomic E-state index is 6.04. The van der Waals surface area contributed by atoms with Crippen molar-refractivity contribution in [3.05, 3.63) is 28.8 Å². The molecule has 1 fully saturated rings. The maximum Gasteiger partial charge on any atom is 0.123 e. The van der Waals surface area contributed by atoms with Gasteiger partial charge in [-0.3, -0.25) is 0 Å². The zero-order valence-corrected chi connectivity index (χ0v) is 13.2. The number of hydrogen-bond acceptors (Lipinski definition) is 1. The number of aryl methyl sites for hydroxylation is 1. The van der Waals surface area contributed by atoms with Gasteiger partial charge in [0.25, 0.3) is 0 Å². The van der Waals surface area contributed by atoms with E-state index in [1.54, 1.807) is 0 Å². The predicted octanol–water partition coefficient (Wildman–Crippen LogP) is 5.37. The van der Waals surface area contributed by atoms with E-state index in [4.69, 9.17) is 16.3 Å². The van der Waals surface area contributed by atoms with Gasteiger partial charge < -0.3 is 4.74 Å². The third-order valence-corrected chi connectivity index (χ3v) is 5.31. The van der Waals surface area contributed by atoms with Crippen LogP contribution in [-0.2, 0) is 0 Å². The van der Waals surface area contributed by atoms with Crippen molar-refractivity contribution in [3.63, 3.8) is 0 Å². The number of ether oxygens (including phenoxy) is 1. The second kappa shape index (κ2) is 6.29. The molecule has 0 radical (unpaired) electrons. The van der Waals surface area contributed by atoms with Gasteiger partial charge in [-0.25, -0.2) is 0 Å². The fourth-order valence-electron chi connectivity index (χ4n) is 2.58. The summed E-state index contributed by atoms with van der Waals surface area (Å²) < 4.78 is 6.04. The molecule has 0 N–H and O–H groups in total. The van der Waals surface area contributed by atoms with Crippen molar-refractivity contribution in [2.24, 2.45) is 5.41 Å². The summed E-state index contributed by atoms with van der Waals surface area (Å²) in [5.74, 6) is 0.924. The van der Waals surface area contributed by atoms with Crippen molar-refractivity contribution in [2.75, 3.05) is 11.9 Å². The van der Waals surface area contributed by atoms with Crippen molar-refractivity contribution in [1.82, 2.24) is 0 Å². The van der Waals surface area contributed by atoms with Crippen LogP contribution < -0.4 is 4.74 Å². The van der Waals surface area contributed by atoms with Gasteiger partial charge >= 0.3 is 0 Å². The van der Waals surface area contributed by atoms with E-state index in [0.717, 1.165) is 28.3 Å². The summed E-state index contributed by atoms with van der Waals surface area (Å²) in [5, 5.41) is 1.77. The molecule has 18 heavy (non-hydrogen) atoms. The SMILES string of the molecule is Cc1ccc(Cl)cc1OCC1(CBr)CCCCC1. The lowest BCUT2D eigenvalue weighted by atomic mass is 9.76. The number of alkyl halides is 1. The van der Waals surface area contributed by atoms with Gasteiger partial charge in [0.1, 0.15) is 5.75 Å². The zero-order valence-electron chi connectivity index (χ0n) is 10.8. The molecule has 1 aliphatic carbocycles. The van der Waals surface area contributed by atoms with E-state index in [1.807, 2.05) is 18.2 Å². The van der Waals surface area contributed by atoms with Crippen LogP contribution in [0.25, 0.3) is 0 Å². The molecule has 100 valence electrons. The van der Waals surface area contributed by atoms with Crippen molar-refractivity contribution in [2.45, 2.75) is 39.0 Å². The molecule has 2 rings (SSSR count). The Labute approximate surface area is 123 Å². The van der Waals surface area contributed by atoms with Crippen LogP contribution in [0.1, 0.15) is 37.7 Å². The summed E-state index contributed by atoms with van der Waals surface area (Å²) in [7, 11) is 0. The first-order valence-corrected chi connectivity index (χ1v) is 8.10. The number of benzene rings is 1. The molecule has 0 aromatic heterocycles. The molecule has 1 aromatic rings. The Balaban J connectivity index is 2.03. The predicted molar refractivity (Wildman–Crippen MR) is 81.0 cm³/mol. The molecule has 0 aliphatic heterocycles. The van der Waals surface area contributed by atoms with E-state index >= 15 is 0 Å². The molecule has 1 nitrogen and oxygen atoms in total. The van der Waals surface area contributed by atoms with E-state index in [0.29, 0.717) is 5.41 Å². The van der Waals surface area contributed by atoms with Gasteiger partial charge in [-0.1, -0.05) is 52.9 Å². The van der Waals surface area contributed by atoms with Crippen LogP contribution in [0.2, 0.25) is 5.02 Å². The zero-order chi connectivity index (χ0) is 13.0. The topological polar surface area (TPSA) is 9.23 Å². The van der Waals surface area contributed by atoms with E-state index in [9.17, 15) is 0 Å². The second-order valence-electron chi connectivity index (χ2n) is 5.39. The molecule has 0 amide bonds. The van der Waals surface area contributed by atoms with Gasteiger partial charge in [0, 0.05) is 15.8 Å². The Hall–Kier alpha value is -0.210. The number of halogens is 2. The molecule has 3 heteroatoms. The van der Waals surface area contributed by atoms with Crippen LogP contribution in [0.4, 0.5) is 0 Å². The van der Waals surface area contributed by atoms with Crippen LogP contribution in [0, 0.1) is 12.3 Å². The Bertz CT molecular complexity index is 399. The van der Waals surface area contributed by atoms with Crippen LogP contribution in [0.5, 0.6) is 5.75 Å². The third kappa shape index (κ3) is 3.42. The summed E-state index contributed by atoms with van der Waals surface area (Å²) in [5.41, 5.74) is 1.47. The highest BCUT2D eigenvalue weighted by atomic mass is 79.9. The summed E-state index contributed by atoms with van der Waals surface area (Å²) in [6.07, 6.45) is 6.54. The maximum atomic E-state index is 6.04. The first-order chi connectivity index (χ1) is 8.65. The average molecular weight is 332 g/mol. The molecule has 0 bridgehead atoms. The molecule has 0 heterocycles. The minimum absolute atomic E-state index is 0.313. The van der Waals surface area contributed by atoms with Crippen molar-refractivity contribution < 1.29 is 4.74 Å². The highest BCUT2D eigenvalue weighted by Gasteiger charge is 2.31. The fraction of sp³-hybridized carbons (Fsp3) is 0.600. The average Bonchev–Trinajstić information content (AvgIpc) is 2.41. The quantitative estimate of drug-likeness (QED) is 0.674. The molecule has 0 spiro atoms. The Morgan fingerprint density at radius 1 is 1.28 bits per heavy atom. The lowest BCUT2D eigenvalue weighted by molar-refractivity contribution is 0.121. The fourth-order valence-corrected chi connectivity index (χ4v) is 3.46. The molecule has 0 unspecified atom stereocenters. The summed E-state index contributed by atoms with van der Waals surface area (Å²) >= 11 is 9.69. The molecule has 1 aliphatic rings. The third-order valence-electron chi connectivity index (χ3n) is 3.88. The second-order valence-corrected chi connectivity index (χ2v) is 6.39. The molecule has 0 atom stereocenters. The minimum Gasteiger partial charge on any atom is -0.493 e. The summed E-state index contributed by atoms with van der Waals surface area (Å²) in [4.78, 5) is 0. The van der Waals surface area contributed by atoms with Crippen molar-refractivity contribution in [3.8, 4) is 5.75 Å². The van der Waals surface area contributed by atoms with Crippen LogP contribution in [0.15, 0.2) is 18.2 Å². The first-order valence-electron chi connectivity index (χ1n) is 6.60. The Morgan fingerprint density at radius 3 is 2.67 bits per heavy atom. The molecule has 0 saturated heterocycles. The first kappa shape index (κ1) is 14.2. The number of rotatable bonds is 4. The van der Waals surface area contributed by atoms with Crippen molar-refractivity contribution >= 4 is 27.5 Å². The normalized spacial score (nSPS) is 18.6. The standard InChI is InChI=1S/C15H20BrClO/c1-12-5-6-13(17)9-14(12)18-11-15(10-16)7-3-2-4-8-15/h5-6,9H,2-4,7-8,10-11H2,1H3. The molecular formula is C15H20BrClO. The van der Waals surface area contributed by atoms with E-state index in [-0.39, 0.29) is 0 Å². The van der Waals surface area contributed by atoms with Crippen LogP contribution in [0.3, 0.4) is 0 Å². The van der Waals surface area contributed by atoms with Gasteiger partial charge in [-0.05, 0) is 37.5 Å². The van der Waals surface area contributed by atoms with Gasteiger partial charge in [0.2, 0.25) is 0 Å². The lowest BCUT2D eigenvalue weighted by Gasteiger charge is -2.35. The molecule has 1 aromatic carbocycles. The Morgan fingerprint density at radius 2 is 2.00 bits per heavy atom. The summed E-state index contributed by atoms with van der Waals surface area (Å²) in [6, 6.07) is 5.84. The molecular weight excluding hydrogens is 312 g/mol. The Kier molecular flexibility index (Phi) is 4.97. The van der Waals surface area contributed by atoms with Gasteiger partial charge in [0.15, 0.2) is 0 Å². The molecule has 1 saturated carbocycles. The lowest BCUT2D eigenvalue weighted by Crippen LogP contribution is -2.32. The monoisotopic (exact) mass is 330 g/mol. The smallest absolute Gasteiger partial charge is 0.123 e. The van der Waals surface area contributed by atoms with Gasteiger partial charge in [-0.2, -0.15) is 0 Å². The van der Waals surface area contributed by atoms with E-state index in [1.165, 1.54) is 32.1 Å². The van der Waals surface area contributed by atoms with Crippen LogP contribution >= 0.6 is 27.5 Å². The van der Waals surface area contributed by atoms with Gasteiger partial charge in [0.05, 0.1) is 6.61 Å². The minimum atomic E-state index is 0.313. The van der Waals surface area contributed by atoms with Crippen molar-refractivity contribution in [1.29, 1.82) is 0 Å². The van der Waals surface area contributed by atoms with Crippen LogP contribution in [-0.4, -0.2) is 11.9 Å². The number of hydrogen-bond donors (Lipinski definition) is 0. The largest absolute Gasteiger partial charge is 0.493 e. The highest BCUT2D eigenvalue weighted by molar-refractivity contribution is 9.09. The summed E-state index contributed by atoms with van der Waals surface area (Å²) in [6.45, 7) is 2.85. The highest BCUT2D eigenvalue weighted by Crippen LogP contribution is 2.38. The van der Waals surface area contributed by atoms with E-state index < -0.39 is 0 Å². The van der Waals surface area contributed by atoms with Gasteiger partial charge in [-0.15, -0.1) is 0 Å².